The first kappa shape index (κ1) is 24.5. The quantitative estimate of drug-likeness (QED) is 0.512. The van der Waals surface area contributed by atoms with Gasteiger partial charge in [-0.3, -0.25) is 4.79 Å². The van der Waals surface area contributed by atoms with Crippen molar-refractivity contribution in [2.24, 2.45) is 5.92 Å². The number of fused-ring (bicyclic) bond motifs is 1. The van der Waals surface area contributed by atoms with E-state index >= 15 is 0 Å². The minimum atomic E-state index is -0.343. The number of aryl methyl sites for hydroxylation is 1. The van der Waals surface area contributed by atoms with E-state index in [0.29, 0.717) is 49.0 Å². The molecule has 3 aromatic carbocycles. The Labute approximate surface area is 216 Å². The van der Waals surface area contributed by atoms with E-state index in [0.717, 1.165) is 16.7 Å². The number of amides is 3. The second-order valence-electron chi connectivity index (χ2n) is 9.52. The first-order valence-corrected chi connectivity index (χ1v) is 12.4. The third kappa shape index (κ3) is 5.80. The monoisotopic (exact) mass is 501 g/mol. The molecule has 37 heavy (non-hydrogen) atoms. The molecule has 192 valence electrons. The average Bonchev–Trinajstić information content (AvgIpc) is 3.39. The van der Waals surface area contributed by atoms with Crippen molar-refractivity contribution in [2.45, 2.75) is 25.8 Å². The summed E-state index contributed by atoms with van der Waals surface area (Å²) in [5.41, 5.74) is 3.86. The number of urea groups is 1. The summed E-state index contributed by atoms with van der Waals surface area (Å²) < 4.78 is 16.1. The van der Waals surface area contributed by atoms with Crippen LogP contribution in [0.25, 0.3) is 0 Å². The summed E-state index contributed by atoms with van der Waals surface area (Å²) in [7, 11) is 1.59. The fourth-order valence-electron chi connectivity index (χ4n) is 4.91. The van der Waals surface area contributed by atoms with Crippen molar-refractivity contribution in [3.05, 3.63) is 83.4 Å². The molecule has 1 saturated heterocycles. The van der Waals surface area contributed by atoms with Crippen LogP contribution in [0.3, 0.4) is 0 Å². The lowest BCUT2D eigenvalue weighted by atomic mass is 9.83. The molecule has 5 rings (SSSR count). The molecule has 2 aliphatic rings. The van der Waals surface area contributed by atoms with Crippen molar-refractivity contribution in [1.82, 2.24) is 10.2 Å². The number of carbonyl (C=O) groups is 2. The number of methoxy groups -OCH3 is 1. The van der Waals surface area contributed by atoms with Gasteiger partial charge in [-0.2, -0.15) is 0 Å². The maximum atomic E-state index is 13.3. The van der Waals surface area contributed by atoms with Gasteiger partial charge in [0, 0.05) is 37.3 Å². The highest BCUT2D eigenvalue weighted by molar-refractivity contribution is 5.90. The molecule has 0 aromatic heterocycles. The molecule has 8 heteroatoms. The first-order valence-electron chi connectivity index (χ1n) is 12.4. The number of nitrogens with zero attached hydrogens (tertiary/aromatic N) is 1. The predicted octanol–water partition coefficient (Wildman–Crippen LogP) is 4.69. The van der Waals surface area contributed by atoms with Crippen LogP contribution < -0.4 is 24.8 Å². The minimum Gasteiger partial charge on any atom is -0.497 e. The topological polar surface area (TPSA) is 89.1 Å². The van der Waals surface area contributed by atoms with Gasteiger partial charge >= 0.3 is 6.03 Å². The second kappa shape index (κ2) is 10.8. The maximum Gasteiger partial charge on any atom is 0.321 e. The second-order valence-corrected chi connectivity index (χ2v) is 9.52. The van der Waals surface area contributed by atoms with Gasteiger partial charge in [0.2, 0.25) is 12.7 Å². The molecule has 2 aliphatic heterocycles. The summed E-state index contributed by atoms with van der Waals surface area (Å²) in [6, 6.07) is 20.9. The number of hydrogen-bond acceptors (Lipinski definition) is 5. The molecular formula is C29H31N3O5. The molecule has 0 bridgehead atoms. The van der Waals surface area contributed by atoms with E-state index in [4.69, 9.17) is 14.2 Å². The smallest absolute Gasteiger partial charge is 0.321 e. The van der Waals surface area contributed by atoms with Crippen molar-refractivity contribution in [3.8, 4) is 17.2 Å². The molecule has 0 spiro atoms. The fraction of sp³-hybridized carbons (Fsp3) is 0.310. The summed E-state index contributed by atoms with van der Waals surface area (Å²) >= 11 is 0. The molecular weight excluding hydrogens is 470 g/mol. The Bertz CT molecular complexity index is 1290. The average molecular weight is 502 g/mol. The first-order chi connectivity index (χ1) is 18.0. The summed E-state index contributed by atoms with van der Waals surface area (Å²) in [5.74, 6) is 1.68. The molecule has 2 heterocycles. The molecule has 0 aliphatic carbocycles. The van der Waals surface area contributed by atoms with Gasteiger partial charge in [0.05, 0.1) is 13.0 Å². The van der Waals surface area contributed by atoms with Crippen LogP contribution in [-0.2, 0) is 11.3 Å². The Morgan fingerprint density at radius 1 is 1.00 bits per heavy atom. The van der Waals surface area contributed by atoms with E-state index in [-0.39, 0.29) is 30.6 Å². The molecule has 3 amide bonds. The standard InChI is InChI=1S/C29H31N3O5/c1-19-5-3-6-21(11-19)22-13-23(28(33)30-15-20-9-10-26-27(12-20)37-18-36-26)17-32(16-22)29(34)31-24-7-4-8-25(14-24)35-2/h3-12,14,22-23H,13,15-18H2,1-2H3,(H,30,33)(H,31,34)/t22-,23+/m1/s1. The van der Waals surface area contributed by atoms with Crippen molar-refractivity contribution in [3.63, 3.8) is 0 Å². The summed E-state index contributed by atoms with van der Waals surface area (Å²) in [4.78, 5) is 28.3. The van der Waals surface area contributed by atoms with Gasteiger partial charge in [-0.1, -0.05) is 42.0 Å². The number of carbonyl (C=O) groups excluding carboxylic acids is 2. The zero-order valence-corrected chi connectivity index (χ0v) is 21.0. The highest BCUT2D eigenvalue weighted by Crippen LogP contribution is 2.33. The normalized spacial score (nSPS) is 18.3. The van der Waals surface area contributed by atoms with Gasteiger partial charge in [-0.15, -0.1) is 0 Å². The van der Waals surface area contributed by atoms with Crippen molar-refractivity contribution in [2.75, 3.05) is 32.3 Å². The van der Waals surface area contributed by atoms with Gasteiger partial charge in [-0.25, -0.2) is 4.79 Å². The molecule has 8 nitrogen and oxygen atoms in total. The summed E-state index contributed by atoms with van der Waals surface area (Å²) in [6.07, 6.45) is 0.666. The Balaban J connectivity index is 1.30. The Morgan fingerprint density at radius 3 is 2.68 bits per heavy atom. The zero-order valence-electron chi connectivity index (χ0n) is 21.0. The number of piperidine rings is 1. The number of ether oxygens (including phenoxy) is 3. The molecule has 0 saturated carbocycles. The van der Waals surface area contributed by atoms with Crippen LogP contribution in [0, 0.1) is 12.8 Å². The van der Waals surface area contributed by atoms with Crippen molar-refractivity contribution in [1.29, 1.82) is 0 Å². The van der Waals surface area contributed by atoms with Crippen LogP contribution in [0.2, 0.25) is 0 Å². The Morgan fingerprint density at radius 2 is 1.84 bits per heavy atom. The van der Waals surface area contributed by atoms with Gasteiger partial charge in [0.1, 0.15) is 5.75 Å². The molecule has 2 atom stereocenters. The SMILES string of the molecule is COc1cccc(NC(=O)N2C[C@@H](C(=O)NCc3ccc4c(c3)OCO4)C[C@@H](c3cccc(C)c3)C2)c1. The van der Waals surface area contributed by atoms with Crippen LogP contribution in [-0.4, -0.2) is 43.8 Å². The summed E-state index contributed by atoms with van der Waals surface area (Å²) in [6.45, 7) is 3.50. The van der Waals surface area contributed by atoms with Crippen molar-refractivity contribution >= 4 is 17.6 Å². The van der Waals surface area contributed by atoms with Gasteiger partial charge in [-0.05, 0) is 48.7 Å². The molecule has 0 radical (unpaired) electrons. The van der Waals surface area contributed by atoms with Crippen LogP contribution in [0.5, 0.6) is 17.2 Å². The number of nitrogens with one attached hydrogen (secondary N) is 2. The molecule has 3 aromatic rings. The van der Waals surface area contributed by atoms with Crippen LogP contribution >= 0.6 is 0 Å². The largest absolute Gasteiger partial charge is 0.497 e. The van der Waals surface area contributed by atoms with E-state index in [1.165, 1.54) is 0 Å². The maximum absolute atomic E-state index is 13.3. The van der Waals surface area contributed by atoms with E-state index in [1.54, 1.807) is 18.1 Å². The molecule has 0 unspecified atom stereocenters. The zero-order chi connectivity index (χ0) is 25.8. The Hall–Kier alpha value is -4.20. The summed E-state index contributed by atoms with van der Waals surface area (Å²) in [5, 5.41) is 6.02. The molecule has 1 fully saturated rings. The number of rotatable bonds is 6. The highest BCUT2D eigenvalue weighted by atomic mass is 16.7. The lowest BCUT2D eigenvalue weighted by Gasteiger charge is -2.37. The predicted molar refractivity (Wildman–Crippen MR) is 140 cm³/mol. The van der Waals surface area contributed by atoms with Crippen LogP contribution in [0.4, 0.5) is 10.5 Å². The number of likely N-dealkylation sites (tertiary alicyclic amines) is 1. The van der Waals surface area contributed by atoms with E-state index < -0.39 is 0 Å². The van der Waals surface area contributed by atoms with Gasteiger partial charge in [0.15, 0.2) is 11.5 Å². The van der Waals surface area contributed by atoms with Gasteiger partial charge < -0.3 is 29.7 Å². The number of benzene rings is 3. The van der Waals surface area contributed by atoms with Gasteiger partial charge in [0.25, 0.3) is 0 Å². The van der Waals surface area contributed by atoms with Crippen LogP contribution in [0.15, 0.2) is 66.7 Å². The number of hydrogen-bond donors (Lipinski definition) is 2. The fourth-order valence-corrected chi connectivity index (χ4v) is 4.91. The third-order valence-corrected chi connectivity index (χ3v) is 6.85. The van der Waals surface area contributed by atoms with Crippen molar-refractivity contribution < 1.29 is 23.8 Å². The Kier molecular flexibility index (Phi) is 7.16. The van der Waals surface area contributed by atoms with Crippen LogP contribution in [0.1, 0.15) is 29.0 Å². The minimum absolute atomic E-state index is 0.0472. The third-order valence-electron chi connectivity index (χ3n) is 6.85. The van der Waals surface area contributed by atoms with E-state index in [9.17, 15) is 9.59 Å². The highest BCUT2D eigenvalue weighted by Gasteiger charge is 2.34. The lowest BCUT2D eigenvalue weighted by Crippen LogP contribution is -2.49. The molecule has 2 N–H and O–H groups in total. The van der Waals surface area contributed by atoms with E-state index in [2.05, 4.69) is 35.8 Å². The number of anilines is 1. The van der Waals surface area contributed by atoms with E-state index in [1.807, 2.05) is 42.5 Å². The lowest BCUT2D eigenvalue weighted by molar-refractivity contribution is -0.126.